The highest BCUT2D eigenvalue weighted by atomic mass is 35.5. The molecule has 2 aromatic rings. The number of benzene rings is 1. The number of aromatic nitrogens is 1. The lowest BCUT2D eigenvalue weighted by Gasteiger charge is -2.05. The number of nitriles is 1. The lowest BCUT2D eigenvalue weighted by molar-refractivity contribution is 0.372. The van der Waals surface area contributed by atoms with E-state index < -0.39 is 0 Å². The van der Waals surface area contributed by atoms with Gasteiger partial charge in [-0.3, -0.25) is 0 Å². The molecule has 0 unspecified atom stereocenters. The summed E-state index contributed by atoms with van der Waals surface area (Å²) in [6, 6.07) is 5.33. The molecular weight excluding hydrogens is 235 g/mol. The van der Waals surface area contributed by atoms with Gasteiger partial charge in [-0.2, -0.15) is 5.26 Å². The quantitative estimate of drug-likeness (QED) is 0.875. The minimum Gasteiger partial charge on any atom is -0.478 e. The number of nitrogens with one attached hydrogen (secondary N) is 1. The average molecular weight is 241 g/mol. The smallest absolute Gasteiger partial charge is 0.174 e. The van der Waals surface area contributed by atoms with E-state index in [0.717, 1.165) is 10.9 Å². The maximum Gasteiger partial charge on any atom is 0.174 e. The van der Waals surface area contributed by atoms with Crippen molar-refractivity contribution in [2.75, 3.05) is 6.61 Å². The molecule has 1 N–H and O–H groups in total. The molecule has 0 bridgehead atoms. The van der Waals surface area contributed by atoms with Crippen molar-refractivity contribution < 1.29 is 4.74 Å². The van der Waals surface area contributed by atoms with Gasteiger partial charge in [-0.1, -0.05) is 23.2 Å². The number of fused-ring (bicyclic) bond motifs is 1. The molecule has 0 radical (unpaired) electrons. The summed E-state index contributed by atoms with van der Waals surface area (Å²) in [5.41, 5.74) is 0.720. The van der Waals surface area contributed by atoms with Gasteiger partial charge in [0.15, 0.2) is 6.61 Å². The Morgan fingerprint density at radius 3 is 3.00 bits per heavy atom. The molecule has 0 aliphatic heterocycles. The molecule has 0 fully saturated rings. The lowest BCUT2D eigenvalue weighted by Crippen LogP contribution is -1.94. The van der Waals surface area contributed by atoms with E-state index in [0.29, 0.717) is 15.8 Å². The summed E-state index contributed by atoms with van der Waals surface area (Å²) >= 11 is 11.9. The van der Waals surface area contributed by atoms with E-state index in [2.05, 4.69) is 4.98 Å². The Balaban J connectivity index is 2.59. The second-order valence-corrected chi connectivity index (χ2v) is 3.67. The van der Waals surface area contributed by atoms with Crippen LogP contribution in [-0.2, 0) is 0 Å². The highest BCUT2D eigenvalue weighted by molar-refractivity contribution is 6.45. The lowest BCUT2D eigenvalue weighted by atomic mass is 10.2. The Morgan fingerprint density at radius 1 is 1.47 bits per heavy atom. The standard InChI is InChI=1S/C10H6Cl2N2O/c11-7-5-8(15-4-2-13)6-1-3-14-10(6)9(7)12/h1,3,5,14H,4H2. The third kappa shape index (κ3) is 1.74. The number of aromatic amines is 1. The van der Waals surface area contributed by atoms with Crippen LogP contribution in [0.5, 0.6) is 5.75 Å². The molecule has 0 spiro atoms. The van der Waals surface area contributed by atoms with Crippen molar-refractivity contribution in [3.05, 3.63) is 28.4 Å². The van der Waals surface area contributed by atoms with Gasteiger partial charge in [0.25, 0.3) is 0 Å². The molecule has 0 aliphatic carbocycles. The highest BCUT2D eigenvalue weighted by Crippen LogP contribution is 2.36. The van der Waals surface area contributed by atoms with Crippen molar-refractivity contribution in [1.82, 2.24) is 4.98 Å². The molecule has 0 saturated carbocycles. The largest absolute Gasteiger partial charge is 0.478 e. The van der Waals surface area contributed by atoms with Crippen LogP contribution in [-0.4, -0.2) is 11.6 Å². The van der Waals surface area contributed by atoms with E-state index in [1.54, 1.807) is 12.3 Å². The van der Waals surface area contributed by atoms with Crippen molar-refractivity contribution in [3.63, 3.8) is 0 Å². The molecule has 5 heteroatoms. The number of nitrogens with zero attached hydrogens (tertiary/aromatic N) is 1. The molecule has 1 aromatic heterocycles. The fourth-order valence-electron chi connectivity index (χ4n) is 1.36. The number of rotatable bonds is 2. The van der Waals surface area contributed by atoms with Gasteiger partial charge >= 0.3 is 0 Å². The minimum atomic E-state index is -0.0156. The normalized spacial score (nSPS) is 10.2. The summed E-state index contributed by atoms with van der Waals surface area (Å²) in [7, 11) is 0. The van der Waals surface area contributed by atoms with Gasteiger partial charge in [0.05, 0.1) is 15.6 Å². The van der Waals surface area contributed by atoms with E-state index in [4.69, 9.17) is 33.2 Å². The fourth-order valence-corrected chi connectivity index (χ4v) is 1.77. The van der Waals surface area contributed by atoms with Crippen LogP contribution in [0.2, 0.25) is 10.0 Å². The van der Waals surface area contributed by atoms with Gasteiger partial charge in [-0.15, -0.1) is 0 Å². The Morgan fingerprint density at radius 2 is 2.27 bits per heavy atom. The monoisotopic (exact) mass is 240 g/mol. The van der Waals surface area contributed by atoms with Crippen molar-refractivity contribution in [1.29, 1.82) is 5.26 Å². The van der Waals surface area contributed by atoms with Crippen LogP contribution in [0, 0.1) is 11.3 Å². The molecule has 3 nitrogen and oxygen atoms in total. The third-order valence-corrected chi connectivity index (χ3v) is 2.78. The van der Waals surface area contributed by atoms with Gasteiger partial charge in [0.2, 0.25) is 0 Å². The van der Waals surface area contributed by atoms with Crippen molar-refractivity contribution in [3.8, 4) is 11.8 Å². The van der Waals surface area contributed by atoms with Gasteiger partial charge in [0, 0.05) is 17.6 Å². The maximum atomic E-state index is 8.43. The van der Waals surface area contributed by atoms with Crippen LogP contribution in [0.25, 0.3) is 10.9 Å². The summed E-state index contributed by atoms with van der Waals surface area (Å²) < 4.78 is 5.24. The summed E-state index contributed by atoms with van der Waals surface area (Å²) in [5, 5.41) is 10.1. The first-order valence-corrected chi connectivity index (χ1v) is 4.94. The van der Waals surface area contributed by atoms with E-state index >= 15 is 0 Å². The Bertz CT molecular complexity index is 542. The first-order valence-electron chi connectivity index (χ1n) is 4.19. The summed E-state index contributed by atoms with van der Waals surface area (Å²) in [4.78, 5) is 2.97. The summed E-state index contributed by atoms with van der Waals surface area (Å²) in [5.74, 6) is 0.558. The van der Waals surface area contributed by atoms with Gasteiger partial charge in [0.1, 0.15) is 11.8 Å². The van der Waals surface area contributed by atoms with Crippen LogP contribution < -0.4 is 4.74 Å². The fraction of sp³-hybridized carbons (Fsp3) is 0.100. The van der Waals surface area contributed by atoms with Gasteiger partial charge in [-0.05, 0) is 6.07 Å². The molecule has 15 heavy (non-hydrogen) atoms. The van der Waals surface area contributed by atoms with Crippen molar-refractivity contribution in [2.45, 2.75) is 0 Å². The van der Waals surface area contributed by atoms with Crippen molar-refractivity contribution >= 4 is 34.1 Å². The third-order valence-electron chi connectivity index (χ3n) is 1.99. The van der Waals surface area contributed by atoms with Crippen LogP contribution >= 0.6 is 23.2 Å². The van der Waals surface area contributed by atoms with E-state index in [9.17, 15) is 0 Å². The Kier molecular flexibility index (Phi) is 2.72. The van der Waals surface area contributed by atoms with Crippen LogP contribution in [0.1, 0.15) is 0 Å². The summed E-state index contributed by atoms with van der Waals surface area (Å²) in [6.45, 7) is -0.0156. The first-order chi connectivity index (χ1) is 7.24. The van der Waals surface area contributed by atoms with Crippen LogP contribution in [0.15, 0.2) is 18.3 Å². The molecule has 76 valence electrons. The van der Waals surface area contributed by atoms with E-state index in [1.807, 2.05) is 12.1 Å². The van der Waals surface area contributed by atoms with E-state index in [-0.39, 0.29) is 6.61 Å². The van der Waals surface area contributed by atoms with Crippen LogP contribution in [0.4, 0.5) is 0 Å². The Labute approximate surface area is 96.2 Å². The number of H-pyrrole nitrogens is 1. The van der Waals surface area contributed by atoms with Gasteiger partial charge < -0.3 is 9.72 Å². The van der Waals surface area contributed by atoms with E-state index in [1.165, 1.54) is 0 Å². The van der Waals surface area contributed by atoms with Crippen molar-refractivity contribution in [2.24, 2.45) is 0 Å². The zero-order chi connectivity index (χ0) is 10.8. The zero-order valence-corrected chi connectivity index (χ0v) is 9.06. The average Bonchev–Trinajstić information content (AvgIpc) is 2.70. The number of hydrogen-bond acceptors (Lipinski definition) is 2. The SMILES string of the molecule is N#CCOc1cc(Cl)c(Cl)c2[nH]ccc12. The molecular formula is C10H6Cl2N2O. The van der Waals surface area contributed by atoms with Gasteiger partial charge in [-0.25, -0.2) is 0 Å². The topological polar surface area (TPSA) is 48.8 Å². The summed E-state index contributed by atoms with van der Waals surface area (Å²) in [6.07, 6.45) is 1.74. The highest BCUT2D eigenvalue weighted by Gasteiger charge is 2.10. The maximum absolute atomic E-state index is 8.43. The predicted octanol–water partition coefficient (Wildman–Crippen LogP) is 3.38. The zero-order valence-electron chi connectivity index (χ0n) is 7.55. The molecule has 0 amide bonds. The number of hydrogen-bond donors (Lipinski definition) is 1. The molecule has 2 rings (SSSR count). The minimum absolute atomic E-state index is 0.0156. The molecule has 1 aromatic carbocycles. The first kappa shape index (κ1) is 10.2. The molecule has 0 aliphatic rings. The van der Waals surface area contributed by atoms with Crippen LogP contribution in [0.3, 0.4) is 0 Å². The molecule has 0 saturated heterocycles. The number of ether oxygens (including phenoxy) is 1. The predicted molar refractivity (Wildman–Crippen MR) is 59.4 cm³/mol. The molecule has 1 heterocycles. The second-order valence-electron chi connectivity index (χ2n) is 2.88. The number of halogens is 2. The Hall–Kier alpha value is -1.37. The molecule has 0 atom stereocenters. The second kappa shape index (κ2) is 4.01.